The second-order valence-corrected chi connectivity index (χ2v) is 7.41. The molecule has 0 radical (unpaired) electrons. The molecule has 2 saturated heterocycles. The maximum Gasteiger partial charge on any atom is 0.338 e. The van der Waals surface area contributed by atoms with Crippen molar-refractivity contribution in [2.45, 2.75) is 19.4 Å². The van der Waals surface area contributed by atoms with Gasteiger partial charge in [-0.25, -0.2) is 9.69 Å². The number of imide groups is 1. The van der Waals surface area contributed by atoms with Crippen molar-refractivity contribution in [1.82, 2.24) is 4.90 Å². The van der Waals surface area contributed by atoms with Gasteiger partial charge in [-0.05, 0) is 43.3 Å². The number of benzene rings is 2. The first-order valence-corrected chi connectivity index (χ1v) is 10.3. The van der Waals surface area contributed by atoms with Crippen LogP contribution in [0.25, 0.3) is 0 Å². The molecule has 2 amide bonds. The average Bonchev–Trinajstić information content (AvgIpc) is 3.08. The van der Waals surface area contributed by atoms with Crippen LogP contribution in [0.1, 0.15) is 23.7 Å². The van der Waals surface area contributed by atoms with Gasteiger partial charge in [-0.2, -0.15) is 0 Å². The van der Waals surface area contributed by atoms with Gasteiger partial charge in [0.1, 0.15) is 0 Å². The molecule has 2 heterocycles. The zero-order valence-corrected chi connectivity index (χ0v) is 17.0. The van der Waals surface area contributed by atoms with Crippen LogP contribution in [-0.4, -0.2) is 61.5 Å². The lowest BCUT2D eigenvalue weighted by atomic mass is 10.1. The van der Waals surface area contributed by atoms with Crippen LogP contribution in [0.5, 0.6) is 0 Å². The van der Waals surface area contributed by atoms with E-state index in [2.05, 4.69) is 21.9 Å². The van der Waals surface area contributed by atoms with Crippen molar-refractivity contribution in [3.63, 3.8) is 0 Å². The molecule has 2 aliphatic heterocycles. The van der Waals surface area contributed by atoms with E-state index < -0.39 is 12.0 Å². The molecule has 2 fully saturated rings. The SMILES string of the molecule is CCOC(=O)c1ccc(N2C(=O)CC(N3CCN(c4ccccc4)CC3)C2=O)cc1. The predicted molar refractivity (Wildman–Crippen MR) is 114 cm³/mol. The molecule has 0 spiro atoms. The van der Waals surface area contributed by atoms with Gasteiger partial charge in [0.15, 0.2) is 0 Å². The van der Waals surface area contributed by atoms with Crippen LogP contribution in [0.2, 0.25) is 0 Å². The monoisotopic (exact) mass is 407 g/mol. The van der Waals surface area contributed by atoms with Crippen molar-refractivity contribution < 1.29 is 19.1 Å². The summed E-state index contributed by atoms with van der Waals surface area (Å²) in [6.07, 6.45) is 0.184. The molecular weight excluding hydrogens is 382 g/mol. The summed E-state index contributed by atoms with van der Waals surface area (Å²) < 4.78 is 4.98. The smallest absolute Gasteiger partial charge is 0.338 e. The Bertz CT molecular complexity index is 921. The first-order chi connectivity index (χ1) is 14.6. The van der Waals surface area contributed by atoms with E-state index in [0.29, 0.717) is 17.9 Å². The summed E-state index contributed by atoms with van der Waals surface area (Å²) in [6.45, 7) is 5.13. The third-order valence-corrected chi connectivity index (χ3v) is 5.64. The Kier molecular flexibility index (Phi) is 5.81. The Balaban J connectivity index is 1.41. The van der Waals surface area contributed by atoms with E-state index in [0.717, 1.165) is 26.2 Å². The molecule has 0 aliphatic carbocycles. The number of piperazine rings is 1. The van der Waals surface area contributed by atoms with E-state index in [-0.39, 0.29) is 18.2 Å². The second kappa shape index (κ2) is 8.67. The zero-order valence-electron chi connectivity index (χ0n) is 17.0. The van der Waals surface area contributed by atoms with Gasteiger partial charge in [0.05, 0.1) is 30.3 Å². The van der Waals surface area contributed by atoms with Crippen LogP contribution in [0, 0.1) is 0 Å². The fraction of sp³-hybridized carbons (Fsp3) is 0.348. The lowest BCUT2D eigenvalue weighted by molar-refractivity contribution is -0.123. The first kappa shape index (κ1) is 20.1. The van der Waals surface area contributed by atoms with Crippen LogP contribution in [0.4, 0.5) is 11.4 Å². The predicted octanol–water partition coefficient (Wildman–Crippen LogP) is 2.32. The van der Waals surface area contributed by atoms with Gasteiger partial charge >= 0.3 is 5.97 Å². The minimum Gasteiger partial charge on any atom is -0.462 e. The lowest BCUT2D eigenvalue weighted by Gasteiger charge is -2.38. The van der Waals surface area contributed by atoms with Crippen LogP contribution >= 0.6 is 0 Å². The standard InChI is InChI=1S/C23H25N3O4/c1-2-30-23(29)17-8-10-19(11-9-17)26-21(27)16-20(22(26)28)25-14-12-24(13-15-25)18-6-4-3-5-7-18/h3-11,20H,2,12-16H2,1H3. The maximum atomic E-state index is 13.0. The number of ether oxygens (including phenoxy) is 1. The van der Waals surface area contributed by atoms with Gasteiger partial charge in [0, 0.05) is 31.9 Å². The highest BCUT2D eigenvalue weighted by Gasteiger charge is 2.43. The summed E-state index contributed by atoms with van der Waals surface area (Å²) in [5.74, 6) is -0.825. The van der Waals surface area contributed by atoms with Gasteiger partial charge in [-0.1, -0.05) is 18.2 Å². The summed E-state index contributed by atoms with van der Waals surface area (Å²) in [7, 11) is 0. The van der Waals surface area contributed by atoms with Crippen molar-refractivity contribution in [1.29, 1.82) is 0 Å². The largest absolute Gasteiger partial charge is 0.462 e. The number of carbonyl (C=O) groups excluding carboxylic acids is 3. The maximum absolute atomic E-state index is 13.0. The Morgan fingerprint density at radius 3 is 2.23 bits per heavy atom. The number of anilines is 2. The minimum absolute atomic E-state index is 0.184. The van der Waals surface area contributed by atoms with Crippen molar-refractivity contribution in [2.24, 2.45) is 0 Å². The average molecular weight is 407 g/mol. The van der Waals surface area contributed by atoms with Crippen LogP contribution in [0.3, 0.4) is 0 Å². The summed E-state index contributed by atoms with van der Waals surface area (Å²) in [5, 5.41) is 0. The van der Waals surface area contributed by atoms with Gasteiger partial charge in [0.25, 0.3) is 5.91 Å². The molecule has 1 atom stereocenters. The Hall–Kier alpha value is -3.19. The summed E-state index contributed by atoms with van der Waals surface area (Å²) in [6, 6.07) is 16.2. The van der Waals surface area contributed by atoms with E-state index >= 15 is 0 Å². The molecule has 0 aromatic heterocycles. The van der Waals surface area contributed by atoms with Crippen LogP contribution in [0.15, 0.2) is 54.6 Å². The lowest BCUT2D eigenvalue weighted by Crippen LogP contribution is -2.52. The quantitative estimate of drug-likeness (QED) is 0.560. The third-order valence-electron chi connectivity index (χ3n) is 5.64. The fourth-order valence-electron chi connectivity index (χ4n) is 4.06. The molecular formula is C23H25N3O4. The number of carbonyl (C=O) groups is 3. The van der Waals surface area contributed by atoms with E-state index in [4.69, 9.17) is 4.74 Å². The van der Waals surface area contributed by atoms with Crippen molar-refractivity contribution >= 4 is 29.2 Å². The molecule has 4 rings (SSSR count). The molecule has 156 valence electrons. The van der Waals surface area contributed by atoms with Crippen molar-refractivity contribution in [3.8, 4) is 0 Å². The van der Waals surface area contributed by atoms with E-state index in [1.165, 1.54) is 10.6 Å². The Morgan fingerprint density at radius 1 is 0.933 bits per heavy atom. The van der Waals surface area contributed by atoms with E-state index in [1.54, 1.807) is 31.2 Å². The van der Waals surface area contributed by atoms with Gasteiger partial charge in [-0.3, -0.25) is 14.5 Å². The molecule has 7 nitrogen and oxygen atoms in total. The Labute approximate surface area is 175 Å². The highest BCUT2D eigenvalue weighted by Crippen LogP contribution is 2.27. The number of amides is 2. The van der Waals surface area contributed by atoms with Crippen molar-refractivity contribution in [3.05, 3.63) is 60.2 Å². The topological polar surface area (TPSA) is 70.2 Å². The van der Waals surface area contributed by atoms with Gasteiger partial charge in [-0.15, -0.1) is 0 Å². The summed E-state index contributed by atoms with van der Waals surface area (Å²) >= 11 is 0. The number of rotatable bonds is 5. The highest BCUT2D eigenvalue weighted by atomic mass is 16.5. The third kappa shape index (κ3) is 3.93. The summed E-state index contributed by atoms with van der Waals surface area (Å²) in [4.78, 5) is 43.1. The second-order valence-electron chi connectivity index (χ2n) is 7.41. The van der Waals surface area contributed by atoms with Crippen molar-refractivity contribution in [2.75, 3.05) is 42.6 Å². The molecule has 2 aromatic rings. The molecule has 2 aliphatic rings. The molecule has 0 bridgehead atoms. The number of para-hydroxylation sites is 1. The van der Waals surface area contributed by atoms with Gasteiger partial charge in [0.2, 0.25) is 5.91 Å². The van der Waals surface area contributed by atoms with Crippen LogP contribution < -0.4 is 9.80 Å². The van der Waals surface area contributed by atoms with E-state index in [9.17, 15) is 14.4 Å². The number of hydrogen-bond donors (Lipinski definition) is 0. The summed E-state index contributed by atoms with van der Waals surface area (Å²) in [5.41, 5.74) is 2.06. The molecule has 2 aromatic carbocycles. The molecule has 7 heteroatoms. The normalized spacial score (nSPS) is 20.0. The molecule has 0 N–H and O–H groups in total. The molecule has 30 heavy (non-hydrogen) atoms. The molecule has 1 unspecified atom stereocenters. The zero-order chi connectivity index (χ0) is 21.1. The number of nitrogens with zero attached hydrogens (tertiary/aromatic N) is 3. The highest BCUT2D eigenvalue weighted by molar-refractivity contribution is 6.22. The number of esters is 1. The molecule has 0 saturated carbocycles. The number of hydrogen-bond acceptors (Lipinski definition) is 6. The minimum atomic E-state index is -0.430. The van der Waals surface area contributed by atoms with E-state index in [1.807, 2.05) is 18.2 Å². The van der Waals surface area contributed by atoms with Gasteiger partial charge < -0.3 is 9.64 Å². The first-order valence-electron chi connectivity index (χ1n) is 10.3. The fourth-order valence-corrected chi connectivity index (χ4v) is 4.06. The Morgan fingerprint density at radius 2 is 1.60 bits per heavy atom. The van der Waals surface area contributed by atoms with Crippen LogP contribution in [-0.2, 0) is 14.3 Å².